The number of benzene rings is 1. The topological polar surface area (TPSA) is 30.7 Å². The molecule has 0 saturated carbocycles. The molecule has 3 heteroatoms. The van der Waals surface area contributed by atoms with E-state index in [0.717, 1.165) is 18.7 Å². The summed E-state index contributed by atoms with van der Waals surface area (Å²) in [6.45, 7) is 2.84. The van der Waals surface area contributed by atoms with Gasteiger partial charge in [-0.25, -0.2) is 0 Å². The van der Waals surface area contributed by atoms with Crippen LogP contribution in [0.15, 0.2) is 36.5 Å². The number of rotatable bonds is 3. The summed E-state index contributed by atoms with van der Waals surface area (Å²) in [6, 6.07) is 10.4. The van der Waals surface area contributed by atoms with Gasteiger partial charge < -0.3 is 0 Å². The molecule has 0 amide bonds. The first-order chi connectivity index (χ1) is 6.84. The number of nitrogens with zero attached hydrogens (tertiary/aromatic N) is 3. The lowest BCUT2D eigenvalue weighted by Crippen LogP contribution is -2.01. The quantitative estimate of drug-likeness (QED) is 0.734. The van der Waals surface area contributed by atoms with Crippen molar-refractivity contribution in [1.82, 2.24) is 15.0 Å². The Balaban J connectivity index is 1.95. The standard InChI is InChI=1S/C11H13N3/c1-10-9-14(13-12-10)8-7-11-5-3-2-4-6-11/h2-6,9H,7-8H2,1H3. The highest BCUT2D eigenvalue weighted by Gasteiger charge is 1.96. The van der Waals surface area contributed by atoms with E-state index in [1.54, 1.807) is 0 Å². The molecule has 1 aromatic carbocycles. The van der Waals surface area contributed by atoms with Crippen LogP contribution in [0.25, 0.3) is 0 Å². The third-order valence-corrected chi connectivity index (χ3v) is 2.13. The summed E-state index contributed by atoms with van der Waals surface area (Å²) in [5.41, 5.74) is 2.30. The molecule has 1 heterocycles. The van der Waals surface area contributed by atoms with Gasteiger partial charge in [-0.15, -0.1) is 5.10 Å². The molecule has 0 spiro atoms. The average molecular weight is 187 g/mol. The Labute approximate surface area is 83.4 Å². The number of hydrogen-bond donors (Lipinski definition) is 0. The largest absolute Gasteiger partial charge is 0.252 e. The molecule has 0 aliphatic carbocycles. The van der Waals surface area contributed by atoms with Crippen molar-refractivity contribution in [3.05, 3.63) is 47.8 Å². The number of aryl methyl sites for hydroxylation is 3. The van der Waals surface area contributed by atoms with Crippen LogP contribution in [-0.2, 0) is 13.0 Å². The van der Waals surface area contributed by atoms with E-state index in [4.69, 9.17) is 0 Å². The normalized spacial score (nSPS) is 10.4. The summed E-state index contributed by atoms with van der Waals surface area (Å²) < 4.78 is 1.88. The zero-order valence-corrected chi connectivity index (χ0v) is 8.22. The molecule has 14 heavy (non-hydrogen) atoms. The van der Waals surface area contributed by atoms with Gasteiger partial charge in [0.15, 0.2) is 0 Å². The molecule has 0 N–H and O–H groups in total. The summed E-state index contributed by atoms with van der Waals surface area (Å²) in [4.78, 5) is 0. The summed E-state index contributed by atoms with van der Waals surface area (Å²) in [5.74, 6) is 0. The molecule has 72 valence electrons. The van der Waals surface area contributed by atoms with E-state index in [1.807, 2.05) is 23.9 Å². The molecule has 3 nitrogen and oxygen atoms in total. The predicted octanol–water partition coefficient (Wildman–Crippen LogP) is 1.83. The monoisotopic (exact) mass is 187 g/mol. The zero-order valence-electron chi connectivity index (χ0n) is 8.22. The maximum atomic E-state index is 4.00. The molecule has 0 aliphatic heterocycles. The molecule has 0 aliphatic rings. The van der Waals surface area contributed by atoms with E-state index in [9.17, 15) is 0 Å². The molecule has 1 aromatic heterocycles. The smallest absolute Gasteiger partial charge is 0.0796 e. The summed E-state index contributed by atoms with van der Waals surface area (Å²) >= 11 is 0. The molecule has 0 radical (unpaired) electrons. The highest BCUT2D eigenvalue weighted by atomic mass is 15.4. The second kappa shape index (κ2) is 4.05. The van der Waals surface area contributed by atoms with E-state index < -0.39 is 0 Å². The van der Waals surface area contributed by atoms with Crippen molar-refractivity contribution in [2.75, 3.05) is 0 Å². The maximum absolute atomic E-state index is 4.00. The minimum absolute atomic E-state index is 0.894. The fraction of sp³-hybridized carbons (Fsp3) is 0.273. The molecule has 0 saturated heterocycles. The molecular weight excluding hydrogens is 174 g/mol. The lowest BCUT2D eigenvalue weighted by molar-refractivity contribution is 0.589. The van der Waals surface area contributed by atoms with E-state index in [2.05, 4.69) is 34.6 Å². The third-order valence-electron chi connectivity index (χ3n) is 2.13. The molecule has 0 atom stereocenters. The Bertz CT molecular complexity index is 392. The van der Waals surface area contributed by atoms with Crippen LogP contribution in [0.2, 0.25) is 0 Å². The fourth-order valence-corrected chi connectivity index (χ4v) is 1.39. The van der Waals surface area contributed by atoms with Gasteiger partial charge in [0.2, 0.25) is 0 Å². The lowest BCUT2D eigenvalue weighted by atomic mass is 10.1. The lowest BCUT2D eigenvalue weighted by Gasteiger charge is -2.00. The number of aromatic nitrogens is 3. The van der Waals surface area contributed by atoms with Crippen molar-refractivity contribution in [2.45, 2.75) is 19.9 Å². The Kier molecular flexibility index (Phi) is 2.58. The molecular formula is C11H13N3. The van der Waals surface area contributed by atoms with Crippen LogP contribution in [0.3, 0.4) is 0 Å². The van der Waals surface area contributed by atoms with E-state index in [-0.39, 0.29) is 0 Å². The summed E-state index contributed by atoms with van der Waals surface area (Å²) in [7, 11) is 0. The number of hydrogen-bond acceptors (Lipinski definition) is 2. The maximum Gasteiger partial charge on any atom is 0.0796 e. The molecule has 0 fully saturated rings. The molecule has 2 rings (SSSR count). The van der Waals surface area contributed by atoms with E-state index in [0.29, 0.717) is 0 Å². The third kappa shape index (κ3) is 2.19. The molecule has 2 aromatic rings. The minimum Gasteiger partial charge on any atom is -0.252 e. The summed E-state index contributed by atoms with van der Waals surface area (Å²) in [5, 5.41) is 7.94. The average Bonchev–Trinajstić information content (AvgIpc) is 2.63. The van der Waals surface area contributed by atoms with Crippen molar-refractivity contribution < 1.29 is 0 Å². The van der Waals surface area contributed by atoms with Gasteiger partial charge in [0.1, 0.15) is 0 Å². The van der Waals surface area contributed by atoms with Gasteiger partial charge in [0, 0.05) is 12.7 Å². The highest BCUT2D eigenvalue weighted by molar-refractivity contribution is 5.14. The van der Waals surface area contributed by atoms with Crippen molar-refractivity contribution in [3.63, 3.8) is 0 Å². The van der Waals surface area contributed by atoms with Crippen molar-refractivity contribution >= 4 is 0 Å². The van der Waals surface area contributed by atoms with Gasteiger partial charge in [0.05, 0.1) is 5.69 Å². The first-order valence-electron chi connectivity index (χ1n) is 4.75. The van der Waals surface area contributed by atoms with E-state index >= 15 is 0 Å². The fourth-order valence-electron chi connectivity index (χ4n) is 1.39. The van der Waals surface area contributed by atoms with Crippen molar-refractivity contribution in [1.29, 1.82) is 0 Å². The van der Waals surface area contributed by atoms with Crippen LogP contribution in [0.5, 0.6) is 0 Å². The Morgan fingerprint density at radius 1 is 1.21 bits per heavy atom. The van der Waals surface area contributed by atoms with Gasteiger partial charge in [-0.05, 0) is 18.9 Å². The zero-order chi connectivity index (χ0) is 9.80. The van der Waals surface area contributed by atoms with Crippen LogP contribution in [0, 0.1) is 6.92 Å². The Morgan fingerprint density at radius 3 is 2.64 bits per heavy atom. The first kappa shape index (κ1) is 8.94. The second-order valence-electron chi connectivity index (χ2n) is 3.36. The van der Waals surface area contributed by atoms with Crippen LogP contribution < -0.4 is 0 Å². The summed E-state index contributed by atoms with van der Waals surface area (Å²) in [6.07, 6.45) is 2.96. The van der Waals surface area contributed by atoms with Crippen LogP contribution in [0.1, 0.15) is 11.3 Å². The van der Waals surface area contributed by atoms with Gasteiger partial charge in [0.25, 0.3) is 0 Å². The van der Waals surface area contributed by atoms with Gasteiger partial charge in [-0.1, -0.05) is 35.5 Å². The van der Waals surface area contributed by atoms with Gasteiger partial charge in [-0.3, -0.25) is 4.68 Å². The van der Waals surface area contributed by atoms with E-state index in [1.165, 1.54) is 5.56 Å². The minimum atomic E-state index is 0.894. The van der Waals surface area contributed by atoms with Crippen LogP contribution >= 0.6 is 0 Å². The Morgan fingerprint density at radius 2 is 2.00 bits per heavy atom. The predicted molar refractivity (Wildman–Crippen MR) is 54.9 cm³/mol. The van der Waals surface area contributed by atoms with Gasteiger partial charge in [-0.2, -0.15) is 0 Å². The first-order valence-corrected chi connectivity index (χ1v) is 4.75. The van der Waals surface area contributed by atoms with Crippen LogP contribution in [0.4, 0.5) is 0 Å². The molecule has 0 bridgehead atoms. The second-order valence-corrected chi connectivity index (χ2v) is 3.36. The van der Waals surface area contributed by atoms with Crippen molar-refractivity contribution in [2.24, 2.45) is 0 Å². The molecule has 0 unspecified atom stereocenters. The highest BCUT2D eigenvalue weighted by Crippen LogP contribution is 2.01. The SMILES string of the molecule is Cc1cn(CCc2ccccc2)nn1. The van der Waals surface area contributed by atoms with Crippen molar-refractivity contribution in [3.8, 4) is 0 Å². The van der Waals surface area contributed by atoms with Crippen LogP contribution in [-0.4, -0.2) is 15.0 Å². The Hall–Kier alpha value is -1.64. The van der Waals surface area contributed by atoms with Gasteiger partial charge >= 0.3 is 0 Å².